The van der Waals surface area contributed by atoms with Crippen molar-refractivity contribution in [3.8, 4) is 0 Å². The van der Waals surface area contributed by atoms with Crippen molar-refractivity contribution in [1.29, 1.82) is 0 Å². The van der Waals surface area contributed by atoms with Gasteiger partial charge in [0.15, 0.2) is 0 Å². The maximum Gasteiger partial charge on any atom is 0.0351 e. The van der Waals surface area contributed by atoms with Gasteiger partial charge in [-0.25, -0.2) is 0 Å². The van der Waals surface area contributed by atoms with Gasteiger partial charge in [0.1, 0.15) is 0 Å². The minimum atomic E-state index is 0.561. The van der Waals surface area contributed by atoms with Gasteiger partial charge in [0.05, 0.1) is 0 Å². The zero-order valence-electron chi connectivity index (χ0n) is 9.25. The summed E-state index contributed by atoms with van der Waals surface area (Å²) >= 11 is 0. The summed E-state index contributed by atoms with van der Waals surface area (Å²) in [6.45, 7) is 4.54. The molecule has 1 aromatic rings. The maximum absolute atomic E-state index is 3.45. The molecule has 14 heavy (non-hydrogen) atoms. The molecule has 1 N–H and O–H groups in total. The molecule has 0 aromatic heterocycles. The molecule has 0 heterocycles. The van der Waals surface area contributed by atoms with E-state index in [-0.39, 0.29) is 0 Å². The molecule has 3 atom stereocenters. The van der Waals surface area contributed by atoms with E-state index >= 15 is 0 Å². The lowest BCUT2D eigenvalue weighted by molar-refractivity contribution is 0.502. The number of aryl methyl sites for hydroxylation is 1. The van der Waals surface area contributed by atoms with Crippen LogP contribution in [0.4, 0.5) is 0 Å². The third kappa shape index (κ3) is 1.69. The van der Waals surface area contributed by atoms with Crippen LogP contribution in [0.3, 0.4) is 0 Å². The number of hydrogen-bond acceptors (Lipinski definition) is 1. The van der Waals surface area contributed by atoms with Crippen LogP contribution < -0.4 is 5.32 Å². The second-order valence-corrected chi connectivity index (χ2v) is 4.50. The molecule has 0 aliphatic heterocycles. The van der Waals surface area contributed by atoms with E-state index in [9.17, 15) is 0 Å². The lowest BCUT2D eigenvalue weighted by Gasteiger charge is -2.18. The van der Waals surface area contributed by atoms with Crippen LogP contribution in [0.25, 0.3) is 0 Å². The fourth-order valence-electron chi connectivity index (χ4n) is 2.35. The van der Waals surface area contributed by atoms with Crippen molar-refractivity contribution < 1.29 is 0 Å². The zero-order chi connectivity index (χ0) is 10.1. The molecule has 1 aromatic carbocycles. The van der Waals surface area contributed by atoms with Crippen molar-refractivity contribution in [2.75, 3.05) is 7.05 Å². The molecular weight excluding hydrogens is 170 g/mol. The fraction of sp³-hybridized carbons (Fsp3) is 0.538. The summed E-state index contributed by atoms with van der Waals surface area (Å²) < 4.78 is 0. The molecule has 0 radical (unpaired) electrons. The van der Waals surface area contributed by atoms with Crippen molar-refractivity contribution in [3.05, 3.63) is 35.4 Å². The van der Waals surface area contributed by atoms with E-state index in [0.29, 0.717) is 6.04 Å². The molecule has 0 bridgehead atoms. The first-order valence-electron chi connectivity index (χ1n) is 5.47. The van der Waals surface area contributed by atoms with Crippen LogP contribution in [-0.2, 0) is 0 Å². The predicted octanol–water partition coefficient (Wildman–Crippen LogP) is 2.91. The highest BCUT2D eigenvalue weighted by atomic mass is 14.9. The molecule has 1 fully saturated rings. The van der Waals surface area contributed by atoms with Crippen LogP contribution in [0, 0.1) is 18.8 Å². The summed E-state index contributed by atoms with van der Waals surface area (Å²) in [6.07, 6.45) is 1.37. The van der Waals surface area contributed by atoms with Crippen molar-refractivity contribution in [2.45, 2.75) is 26.3 Å². The van der Waals surface area contributed by atoms with Gasteiger partial charge in [-0.15, -0.1) is 0 Å². The quantitative estimate of drug-likeness (QED) is 0.771. The van der Waals surface area contributed by atoms with E-state index in [1.165, 1.54) is 17.5 Å². The highest BCUT2D eigenvalue weighted by Crippen LogP contribution is 2.47. The van der Waals surface area contributed by atoms with Gasteiger partial charge in [0.2, 0.25) is 0 Å². The lowest BCUT2D eigenvalue weighted by atomic mass is 9.97. The standard InChI is InChI=1S/C13H19N/c1-9-6-4-5-7-11(9)13(14-3)12-8-10(12)2/h4-7,10,12-14H,8H2,1-3H3. The van der Waals surface area contributed by atoms with E-state index in [0.717, 1.165) is 11.8 Å². The van der Waals surface area contributed by atoms with Gasteiger partial charge in [0, 0.05) is 6.04 Å². The Bertz CT molecular complexity index is 319. The summed E-state index contributed by atoms with van der Waals surface area (Å²) in [5.41, 5.74) is 2.88. The smallest absolute Gasteiger partial charge is 0.0351 e. The molecule has 76 valence electrons. The monoisotopic (exact) mass is 189 g/mol. The van der Waals surface area contributed by atoms with Crippen molar-refractivity contribution in [2.24, 2.45) is 11.8 Å². The largest absolute Gasteiger partial charge is 0.313 e. The fourth-order valence-corrected chi connectivity index (χ4v) is 2.35. The first-order chi connectivity index (χ1) is 6.74. The summed E-state index contributed by atoms with van der Waals surface area (Å²) in [4.78, 5) is 0. The van der Waals surface area contributed by atoms with Crippen LogP contribution >= 0.6 is 0 Å². The Balaban J connectivity index is 2.23. The first-order valence-corrected chi connectivity index (χ1v) is 5.47. The number of rotatable bonds is 3. The Labute approximate surface area is 86.5 Å². The van der Waals surface area contributed by atoms with Gasteiger partial charge in [-0.1, -0.05) is 31.2 Å². The molecule has 0 amide bonds. The summed E-state index contributed by atoms with van der Waals surface area (Å²) in [5, 5.41) is 3.45. The third-order valence-corrected chi connectivity index (χ3v) is 3.43. The van der Waals surface area contributed by atoms with Crippen molar-refractivity contribution >= 4 is 0 Å². The van der Waals surface area contributed by atoms with Gasteiger partial charge in [-0.05, 0) is 43.4 Å². The summed E-state index contributed by atoms with van der Waals surface area (Å²) in [5.74, 6) is 1.74. The molecule has 2 rings (SSSR count). The number of benzene rings is 1. The summed E-state index contributed by atoms with van der Waals surface area (Å²) in [7, 11) is 2.07. The van der Waals surface area contributed by atoms with Crippen LogP contribution in [0.15, 0.2) is 24.3 Å². The molecule has 1 aliphatic rings. The van der Waals surface area contributed by atoms with Crippen LogP contribution in [0.1, 0.15) is 30.5 Å². The number of hydrogen-bond donors (Lipinski definition) is 1. The lowest BCUT2D eigenvalue weighted by Crippen LogP contribution is -2.19. The average Bonchev–Trinajstić information content (AvgIpc) is 2.88. The van der Waals surface area contributed by atoms with Crippen LogP contribution in [0.5, 0.6) is 0 Å². The van der Waals surface area contributed by atoms with Gasteiger partial charge >= 0.3 is 0 Å². The van der Waals surface area contributed by atoms with Gasteiger partial charge in [0.25, 0.3) is 0 Å². The third-order valence-electron chi connectivity index (χ3n) is 3.43. The summed E-state index contributed by atoms with van der Waals surface area (Å²) in [6, 6.07) is 9.27. The molecular formula is C13H19N. The Morgan fingerprint density at radius 2 is 2.00 bits per heavy atom. The van der Waals surface area contributed by atoms with E-state index in [1.54, 1.807) is 0 Å². The van der Waals surface area contributed by atoms with Gasteiger partial charge < -0.3 is 5.32 Å². The van der Waals surface area contributed by atoms with Crippen molar-refractivity contribution in [3.63, 3.8) is 0 Å². The average molecular weight is 189 g/mol. The topological polar surface area (TPSA) is 12.0 Å². The van der Waals surface area contributed by atoms with E-state index < -0.39 is 0 Å². The van der Waals surface area contributed by atoms with E-state index in [1.807, 2.05) is 0 Å². The zero-order valence-corrected chi connectivity index (χ0v) is 9.25. The Morgan fingerprint density at radius 1 is 1.36 bits per heavy atom. The van der Waals surface area contributed by atoms with Crippen LogP contribution in [0.2, 0.25) is 0 Å². The Kier molecular flexibility index (Phi) is 2.60. The second-order valence-electron chi connectivity index (χ2n) is 4.50. The highest BCUT2D eigenvalue weighted by molar-refractivity contribution is 5.30. The van der Waals surface area contributed by atoms with Crippen LogP contribution in [-0.4, -0.2) is 7.05 Å². The van der Waals surface area contributed by atoms with E-state index in [4.69, 9.17) is 0 Å². The predicted molar refractivity (Wildman–Crippen MR) is 60.3 cm³/mol. The van der Waals surface area contributed by atoms with Crippen molar-refractivity contribution in [1.82, 2.24) is 5.32 Å². The number of nitrogens with one attached hydrogen (secondary N) is 1. The molecule has 1 aliphatic carbocycles. The molecule has 1 nitrogen and oxygen atoms in total. The Morgan fingerprint density at radius 3 is 2.50 bits per heavy atom. The molecule has 3 unspecified atom stereocenters. The molecule has 0 saturated heterocycles. The van der Waals surface area contributed by atoms with Gasteiger partial charge in [-0.2, -0.15) is 0 Å². The molecule has 1 saturated carbocycles. The SMILES string of the molecule is CNC(c1ccccc1C)C1CC1C. The minimum Gasteiger partial charge on any atom is -0.313 e. The van der Waals surface area contributed by atoms with Gasteiger partial charge in [-0.3, -0.25) is 0 Å². The first kappa shape index (κ1) is 9.72. The molecule has 1 heteroatoms. The Hall–Kier alpha value is -0.820. The highest BCUT2D eigenvalue weighted by Gasteiger charge is 2.39. The normalized spacial score (nSPS) is 27.4. The minimum absolute atomic E-state index is 0.561. The second kappa shape index (κ2) is 3.74. The maximum atomic E-state index is 3.45. The molecule has 0 spiro atoms. The van der Waals surface area contributed by atoms with E-state index in [2.05, 4.69) is 50.5 Å².